The zero-order valence-corrected chi connectivity index (χ0v) is 11.5. The summed E-state index contributed by atoms with van der Waals surface area (Å²) in [6.07, 6.45) is 0. The van der Waals surface area contributed by atoms with Crippen LogP contribution >= 0.6 is 11.8 Å². The number of hydrogen-bond acceptors (Lipinski definition) is 4. The van der Waals surface area contributed by atoms with Gasteiger partial charge >= 0.3 is 0 Å². The lowest BCUT2D eigenvalue weighted by Gasteiger charge is -2.24. The van der Waals surface area contributed by atoms with Crippen molar-refractivity contribution in [1.29, 1.82) is 0 Å². The van der Waals surface area contributed by atoms with Crippen molar-refractivity contribution in [3.05, 3.63) is 23.7 Å². The maximum Gasteiger partial charge on any atom is 0.290 e. The van der Waals surface area contributed by atoms with Gasteiger partial charge in [0.2, 0.25) is 5.91 Å². The minimum atomic E-state index is -0.386. The average Bonchev–Trinajstić information content (AvgIpc) is 2.95. The molecule has 1 aliphatic heterocycles. The molecule has 6 heteroatoms. The zero-order valence-electron chi connectivity index (χ0n) is 10.7. The first-order chi connectivity index (χ1) is 8.50. The van der Waals surface area contributed by atoms with Crippen molar-refractivity contribution in [2.75, 3.05) is 25.7 Å². The van der Waals surface area contributed by atoms with Gasteiger partial charge in [-0.05, 0) is 19.1 Å². The van der Waals surface area contributed by atoms with E-state index in [-0.39, 0.29) is 17.9 Å². The summed E-state index contributed by atoms with van der Waals surface area (Å²) in [5, 5.41) is 0. The lowest BCUT2D eigenvalue weighted by Crippen LogP contribution is -2.46. The fourth-order valence-electron chi connectivity index (χ4n) is 1.84. The van der Waals surface area contributed by atoms with Gasteiger partial charge in [-0.25, -0.2) is 0 Å². The van der Waals surface area contributed by atoms with Gasteiger partial charge in [-0.1, -0.05) is 0 Å². The summed E-state index contributed by atoms with van der Waals surface area (Å²) in [4.78, 5) is 27.3. The molecule has 0 N–H and O–H groups in total. The number of carbonyl (C=O) groups excluding carboxylic acids is 2. The highest BCUT2D eigenvalue weighted by Gasteiger charge is 2.36. The van der Waals surface area contributed by atoms with Crippen molar-refractivity contribution in [3.63, 3.8) is 0 Å². The number of thioether (sulfide) groups is 1. The van der Waals surface area contributed by atoms with Crippen LogP contribution in [0.3, 0.4) is 0 Å². The first-order valence-corrected chi connectivity index (χ1v) is 6.82. The van der Waals surface area contributed by atoms with Crippen molar-refractivity contribution in [1.82, 2.24) is 9.80 Å². The van der Waals surface area contributed by atoms with Crippen LogP contribution in [0.4, 0.5) is 0 Å². The standard InChI is InChI=1S/C12H16N2O3S/c1-8-4-5-10(17-8)12(16)14-7-18-6-9(14)11(15)13(2)3/h4-5,9H,6-7H2,1-3H3/t9-/m1/s1. The largest absolute Gasteiger partial charge is 0.456 e. The van der Waals surface area contributed by atoms with E-state index in [4.69, 9.17) is 4.42 Å². The Morgan fingerprint density at radius 2 is 2.17 bits per heavy atom. The molecule has 0 bridgehead atoms. The Labute approximate surface area is 110 Å². The molecule has 0 saturated carbocycles. The van der Waals surface area contributed by atoms with E-state index < -0.39 is 0 Å². The van der Waals surface area contributed by atoms with Gasteiger partial charge in [0.05, 0.1) is 5.88 Å². The predicted octanol–water partition coefficient (Wildman–Crippen LogP) is 1.19. The number of hydrogen-bond donors (Lipinski definition) is 0. The van der Waals surface area contributed by atoms with Crippen molar-refractivity contribution in [3.8, 4) is 0 Å². The first-order valence-electron chi connectivity index (χ1n) is 5.67. The highest BCUT2D eigenvalue weighted by atomic mass is 32.2. The van der Waals surface area contributed by atoms with E-state index in [1.165, 1.54) is 4.90 Å². The van der Waals surface area contributed by atoms with Crippen molar-refractivity contribution in [2.24, 2.45) is 0 Å². The summed E-state index contributed by atoms with van der Waals surface area (Å²) in [6.45, 7) is 1.79. The summed E-state index contributed by atoms with van der Waals surface area (Å²) >= 11 is 1.58. The van der Waals surface area contributed by atoms with Gasteiger partial charge in [0.1, 0.15) is 11.8 Å². The van der Waals surface area contributed by atoms with Crippen LogP contribution in [0.2, 0.25) is 0 Å². The summed E-state index contributed by atoms with van der Waals surface area (Å²) < 4.78 is 5.32. The molecule has 2 amide bonds. The van der Waals surface area contributed by atoms with Gasteiger partial charge in [-0.3, -0.25) is 9.59 Å². The van der Waals surface area contributed by atoms with Crippen molar-refractivity contribution >= 4 is 23.6 Å². The van der Waals surface area contributed by atoms with Crippen molar-refractivity contribution in [2.45, 2.75) is 13.0 Å². The number of carbonyl (C=O) groups is 2. The minimum Gasteiger partial charge on any atom is -0.456 e. The van der Waals surface area contributed by atoms with Crippen LogP contribution in [0.15, 0.2) is 16.5 Å². The third kappa shape index (κ3) is 2.38. The van der Waals surface area contributed by atoms with E-state index in [0.29, 0.717) is 23.2 Å². The third-order valence-corrected chi connectivity index (χ3v) is 3.83. The molecule has 2 heterocycles. The number of rotatable bonds is 2. The molecule has 1 aromatic rings. The smallest absolute Gasteiger partial charge is 0.290 e. The Morgan fingerprint density at radius 1 is 1.44 bits per heavy atom. The molecule has 2 rings (SSSR count). The summed E-state index contributed by atoms with van der Waals surface area (Å²) in [5.41, 5.74) is 0. The molecule has 5 nitrogen and oxygen atoms in total. The fourth-order valence-corrected chi connectivity index (χ4v) is 2.98. The second kappa shape index (κ2) is 5.06. The van der Waals surface area contributed by atoms with Gasteiger partial charge < -0.3 is 14.2 Å². The van der Waals surface area contributed by atoms with Crippen molar-refractivity contribution < 1.29 is 14.0 Å². The van der Waals surface area contributed by atoms with Crippen LogP contribution in [0.1, 0.15) is 16.3 Å². The Kier molecular flexibility index (Phi) is 3.65. The number of likely N-dealkylation sites (N-methyl/N-ethyl adjacent to an activating group) is 1. The van der Waals surface area contributed by atoms with E-state index in [0.717, 1.165) is 0 Å². The van der Waals surface area contributed by atoms with Crippen LogP contribution in [0.25, 0.3) is 0 Å². The molecule has 98 valence electrons. The number of amides is 2. The molecule has 1 saturated heterocycles. The number of furan rings is 1. The van der Waals surface area contributed by atoms with Gasteiger partial charge in [-0.15, -0.1) is 11.8 Å². The Bertz CT molecular complexity index is 470. The van der Waals surface area contributed by atoms with E-state index >= 15 is 0 Å². The normalized spacial score (nSPS) is 19.1. The van der Waals surface area contributed by atoms with E-state index in [9.17, 15) is 9.59 Å². The fraction of sp³-hybridized carbons (Fsp3) is 0.500. The van der Waals surface area contributed by atoms with Crippen LogP contribution in [-0.4, -0.2) is 53.4 Å². The van der Waals surface area contributed by atoms with Crippen LogP contribution < -0.4 is 0 Å². The highest BCUT2D eigenvalue weighted by Crippen LogP contribution is 2.24. The maximum absolute atomic E-state index is 12.2. The van der Waals surface area contributed by atoms with Crippen LogP contribution in [0.5, 0.6) is 0 Å². The summed E-state index contributed by atoms with van der Waals surface area (Å²) in [6, 6.07) is 3.01. The summed E-state index contributed by atoms with van der Waals surface area (Å²) in [7, 11) is 3.40. The SMILES string of the molecule is Cc1ccc(C(=O)N2CSC[C@@H]2C(=O)N(C)C)o1. The molecule has 1 aliphatic rings. The molecule has 0 aliphatic carbocycles. The molecule has 18 heavy (non-hydrogen) atoms. The highest BCUT2D eigenvalue weighted by molar-refractivity contribution is 7.99. The Balaban J connectivity index is 2.17. The predicted molar refractivity (Wildman–Crippen MR) is 69.4 cm³/mol. The second-order valence-corrected chi connectivity index (χ2v) is 5.43. The molecule has 1 fully saturated rings. The molecule has 0 spiro atoms. The van der Waals surface area contributed by atoms with Gasteiger partial charge in [-0.2, -0.15) is 0 Å². The quantitative estimate of drug-likeness (QED) is 0.808. The zero-order chi connectivity index (χ0) is 13.3. The van der Waals surface area contributed by atoms with Gasteiger partial charge in [0.25, 0.3) is 5.91 Å². The third-order valence-electron chi connectivity index (χ3n) is 2.82. The van der Waals surface area contributed by atoms with Gasteiger partial charge in [0, 0.05) is 19.8 Å². The topological polar surface area (TPSA) is 53.8 Å². The maximum atomic E-state index is 12.2. The lowest BCUT2D eigenvalue weighted by molar-refractivity contribution is -0.132. The lowest BCUT2D eigenvalue weighted by atomic mass is 10.2. The molecule has 0 aromatic carbocycles. The second-order valence-electron chi connectivity index (χ2n) is 4.43. The number of nitrogens with zero attached hydrogens (tertiary/aromatic N) is 2. The first kappa shape index (κ1) is 13.0. The molecular formula is C12H16N2O3S. The Hall–Kier alpha value is -1.43. The number of aryl methyl sites for hydroxylation is 1. The molecule has 0 unspecified atom stereocenters. The molecule has 1 atom stereocenters. The molecule has 0 radical (unpaired) electrons. The molecular weight excluding hydrogens is 252 g/mol. The van der Waals surface area contributed by atoms with Crippen LogP contribution in [0, 0.1) is 6.92 Å². The van der Waals surface area contributed by atoms with Gasteiger partial charge in [0.15, 0.2) is 5.76 Å². The average molecular weight is 268 g/mol. The monoisotopic (exact) mass is 268 g/mol. The molecule has 1 aromatic heterocycles. The van der Waals surface area contributed by atoms with E-state index in [2.05, 4.69) is 0 Å². The van der Waals surface area contributed by atoms with E-state index in [1.54, 1.807) is 49.8 Å². The van der Waals surface area contributed by atoms with Crippen LogP contribution in [-0.2, 0) is 4.79 Å². The summed E-state index contributed by atoms with van der Waals surface area (Å²) in [5.74, 6) is 1.91. The Morgan fingerprint density at radius 3 is 2.72 bits per heavy atom. The minimum absolute atomic E-state index is 0.0448. The van der Waals surface area contributed by atoms with E-state index in [1.807, 2.05) is 0 Å².